The maximum atomic E-state index is 7.33. The molecule has 1 unspecified atom stereocenters. The zero-order valence-electron chi connectivity index (χ0n) is 12.5. The minimum Gasteiger partial charge on any atom is -0.468 e. The first-order valence-corrected chi connectivity index (χ1v) is 6.98. The van der Waals surface area contributed by atoms with Gasteiger partial charge in [0.1, 0.15) is 5.76 Å². The van der Waals surface area contributed by atoms with Crippen LogP contribution in [0, 0.1) is 6.57 Å². The Balaban J connectivity index is 1.90. The van der Waals surface area contributed by atoms with Crippen molar-refractivity contribution in [1.82, 2.24) is 14.5 Å². The first kappa shape index (κ1) is 14.2. The molecule has 0 bridgehead atoms. The van der Waals surface area contributed by atoms with Gasteiger partial charge in [0.05, 0.1) is 36.3 Å². The van der Waals surface area contributed by atoms with Crippen LogP contribution in [0.5, 0.6) is 0 Å². The van der Waals surface area contributed by atoms with E-state index < -0.39 is 0 Å². The molecular weight excluding hydrogens is 278 g/mol. The predicted molar refractivity (Wildman–Crippen MR) is 85.1 cm³/mol. The molecule has 1 N–H and O–H groups in total. The van der Waals surface area contributed by atoms with Crippen molar-refractivity contribution in [3.05, 3.63) is 60.1 Å². The standard InChI is InChI=1S/C16H17N5O/c1-17-12-10-19-21-8-4-6-13(21)16(12)18-11-14(20(2)3)15-7-5-9-22-15/h4-10,14,18H,11H2,2-3H3. The van der Waals surface area contributed by atoms with Crippen molar-refractivity contribution in [3.8, 4) is 0 Å². The lowest BCUT2D eigenvalue weighted by molar-refractivity contribution is 0.269. The second-order valence-electron chi connectivity index (χ2n) is 5.23. The van der Waals surface area contributed by atoms with Gasteiger partial charge in [-0.25, -0.2) is 9.36 Å². The molecule has 0 aliphatic heterocycles. The zero-order chi connectivity index (χ0) is 15.5. The molecule has 3 aromatic heterocycles. The fourth-order valence-electron chi connectivity index (χ4n) is 2.47. The maximum absolute atomic E-state index is 7.33. The van der Waals surface area contributed by atoms with Crippen molar-refractivity contribution in [2.24, 2.45) is 0 Å². The van der Waals surface area contributed by atoms with Gasteiger partial charge in [0, 0.05) is 12.7 Å². The van der Waals surface area contributed by atoms with Crippen molar-refractivity contribution in [3.63, 3.8) is 0 Å². The molecule has 6 nitrogen and oxygen atoms in total. The number of hydrogen-bond acceptors (Lipinski definition) is 4. The van der Waals surface area contributed by atoms with Crippen LogP contribution in [0.2, 0.25) is 0 Å². The van der Waals surface area contributed by atoms with Gasteiger partial charge in [0.2, 0.25) is 5.69 Å². The van der Waals surface area contributed by atoms with E-state index in [1.165, 1.54) is 0 Å². The van der Waals surface area contributed by atoms with E-state index in [0.717, 1.165) is 17.0 Å². The second-order valence-corrected chi connectivity index (χ2v) is 5.23. The molecule has 22 heavy (non-hydrogen) atoms. The van der Waals surface area contributed by atoms with E-state index in [0.29, 0.717) is 12.2 Å². The van der Waals surface area contributed by atoms with E-state index >= 15 is 0 Å². The van der Waals surface area contributed by atoms with Crippen LogP contribution >= 0.6 is 0 Å². The molecule has 0 saturated heterocycles. The molecule has 3 aromatic rings. The van der Waals surface area contributed by atoms with E-state index in [4.69, 9.17) is 11.0 Å². The molecule has 3 rings (SSSR count). The first-order chi connectivity index (χ1) is 10.7. The molecule has 0 radical (unpaired) electrons. The molecule has 0 aliphatic rings. The molecule has 0 amide bonds. The molecule has 112 valence electrons. The summed E-state index contributed by atoms with van der Waals surface area (Å²) in [6.45, 7) is 7.96. The number of likely N-dealkylation sites (N-methyl/N-ethyl adjacent to an activating group) is 1. The SMILES string of the molecule is [C-]#[N+]c1cnn2cccc2c1NCC(c1ccco1)N(C)C. The Hall–Kier alpha value is -2.78. The molecule has 0 aromatic carbocycles. The highest BCUT2D eigenvalue weighted by Gasteiger charge is 2.18. The lowest BCUT2D eigenvalue weighted by atomic mass is 10.2. The van der Waals surface area contributed by atoms with Gasteiger partial charge in [-0.2, -0.15) is 5.10 Å². The average Bonchev–Trinajstić information content (AvgIpc) is 3.18. The Kier molecular flexibility index (Phi) is 3.81. The summed E-state index contributed by atoms with van der Waals surface area (Å²) in [5, 5.41) is 7.61. The highest BCUT2D eigenvalue weighted by molar-refractivity contribution is 5.84. The van der Waals surface area contributed by atoms with Gasteiger partial charge in [-0.15, -0.1) is 0 Å². The second kappa shape index (κ2) is 5.92. The van der Waals surface area contributed by atoms with E-state index in [1.54, 1.807) is 17.0 Å². The molecule has 0 aliphatic carbocycles. The Morgan fingerprint density at radius 1 is 1.41 bits per heavy atom. The third-order valence-electron chi connectivity index (χ3n) is 3.63. The number of aromatic nitrogens is 2. The monoisotopic (exact) mass is 295 g/mol. The van der Waals surface area contributed by atoms with Crippen LogP contribution < -0.4 is 5.32 Å². The summed E-state index contributed by atoms with van der Waals surface area (Å²) in [5.74, 6) is 0.891. The summed E-state index contributed by atoms with van der Waals surface area (Å²) in [5.41, 5.74) is 2.21. The quantitative estimate of drug-likeness (QED) is 0.734. The molecule has 6 heteroatoms. The number of furan rings is 1. The number of rotatable bonds is 5. The van der Waals surface area contributed by atoms with Gasteiger partial charge >= 0.3 is 0 Å². The third kappa shape index (κ3) is 2.54. The van der Waals surface area contributed by atoms with E-state index in [2.05, 4.69) is 20.2 Å². The van der Waals surface area contributed by atoms with Crippen LogP contribution in [0.1, 0.15) is 11.8 Å². The van der Waals surface area contributed by atoms with Crippen LogP contribution in [0.15, 0.2) is 47.3 Å². The van der Waals surface area contributed by atoms with Crippen molar-refractivity contribution in [2.75, 3.05) is 26.0 Å². The maximum Gasteiger partial charge on any atom is 0.231 e. The molecular formula is C16H17N5O. The average molecular weight is 295 g/mol. The molecule has 0 fully saturated rings. The van der Waals surface area contributed by atoms with Crippen molar-refractivity contribution in [1.29, 1.82) is 0 Å². The molecule has 1 atom stereocenters. The van der Waals surface area contributed by atoms with Crippen LogP contribution in [-0.4, -0.2) is 35.2 Å². The van der Waals surface area contributed by atoms with Gasteiger partial charge in [-0.05, 0) is 38.4 Å². The van der Waals surface area contributed by atoms with E-state index in [1.807, 2.05) is 44.6 Å². The molecule has 0 spiro atoms. The fourth-order valence-corrected chi connectivity index (χ4v) is 2.47. The lowest BCUT2D eigenvalue weighted by Crippen LogP contribution is -2.26. The van der Waals surface area contributed by atoms with Crippen LogP contribution in [0.25, 0.3) is 10.4 Å². The van der Waals surface area contributed by atoms with Gasteiger partial charge in [-0.3, -0.25) is 4.90 Å². The van der Waals surface area contributed by atoms with E-state index in [-0.39, 0.29) is 6.04 Å². The number of anilines is 1. The highest BCUT2D eigenvalue weighted by Crippen LogP contribution is 2.30. The van der Waals surface area contributed by atoms with Gasteiger partial charge in [0.15, 0.2) is 0 Å². The van der Waals surface area contributed by atoms with Crippen molar-refractivity contribution >= 4 is 16.9 Å². The van der Waals surface area contributed by atoms with Crippen LogP contribution in [0.4, 0.5) is 11.4 Å². The van der Waals surface area contributed by atoms with Crippen LogP contribution in [-0.2, 0) is 0 Å². The topological polar surface area (TPSA) is 50.1 Å². The minimum absolute atomic E-state index is 0.0803. The first-order valence-electron chi connectivity index (χ1n) is 6.98. The van der Waals surface area contributed by atoms with Crippen molar-refractivity contribution in [2.45, 2.75) is 6.04 Å². The molecule has 0 saturated carbocycles. The fraction of sp³-hybridized carbons (Fsp3) is 0.250. The summed E-state index contributed by atoms with van der Waals surface area (Å²) in [4.78, 5) is 5.64. The highest BCUT2D eigenvalue weighted by atomic mass is 16.3. The Morgan fingerprint density at radius 2 is 2.27 bits per heavy atom. The summed E-state index contributed by atoms with van der Waals surface area (Å²) in [7, 11) is 4.01. The Morgan fingerprint density at radius 3 is 2.95 bits per heavy atom. The number of nitrogens with zero attached hydrogens (tertiary/aromatic N) is 4. The van der Waals surface area contributed by atoms with Gasteiger partial charge < -0.3 is 9.73 Å². The predicted octanol–water partition coefficient (Wildman–Crippen LogP) is 3.19. The third-order valence-corrected chi connectivity index (χ3v) is 3.63. The van der Waals surface area contributed by atoms with E-state index in [9.17, 15) is 0 Å². The minimum atomic E-state index is 0.0803. The number of nitrogens with one attached hydrogen (secondary N) is 1. The number of fused-ring (bicyclic) bond motifs is 1. The summed E-state index contributed by atoms with van der Waals surface area (Å²) < 4.78 is 7.27. The normalized spacial score (nSPS) is 12.5. The molecule has 3 heterocycles. The zero-order valence-corrected chi connectivity index (χ0v) is 12.5. The Labute approximate surface area is 128 Å². The summed E-state index contributed by atoms with van der Waals surface area (Å²) in [6.07, 6.45) is 5.12. The smallest absolute Gasteiger partial charge is 0.231 e. The van der Waals surface area contributed by atoms with Gasteiger partial charge in [0.25, 0.3) is 0 Å². The van der Waals surface area contributed by atoms with Crippen LogP contribution in [0.3, 0.4) is 0 Å². The largest absolute Gasteiger partial charge is 0.468 e. The van der Waals surface area contributed by atoms with Crippen molar-refractivity contribution < 1.29 is 4.42 Å². The lowest BCUT2D eigenvalue weighted by Gasteiger charge is -2.23. The summed E-state index contributed by atoms with van der Waals surface area (Å²) in [6, 6.07) is 7.78. The van der Waals surface area contributed by atoms with Gasteiger partial charge in [-0.1, -0.05) is 0 Å². The number of hydrogen-bond donors (Lipinski definition) is 1. The Bertz CT molecular complexity index is 798. The summed E-state index contributed by atoms with van der Waals surface area (Å²) >= 11 is 0.